The minimum Gasteiger partial charge on any atom is -0.370 e. The number of aromatic nitrogens is 1. The monoisotopic (exact) mass is 241 g/mol. The number of nitrogens with zero attached hydrogens (tertiary/aromatic N) is 2. The molecule has 94 valence electrons. The number of hydrogen-bond donors (Lipinski definition) is 1. The van der Waals surface area contributed by atoms with Gasteiger partial charge in [-0.25, -0.2) is 0 Å². The van der Waals surface area contributed by atoms with Crippen molar-refractivity contribution < 1.29 is 0 Å². The number of rotatable bonds is 4. The van der Waals surface area contributed by atoms with E-state index in [9.17, 15) is 0 Å². The maximum atomic E-state index is 5.77. The molecule has 0 atom stereocenters. The van der Waals surface area contributed by atoms with Crippen LogP contribution in [0, 0.1) is 6.92 Å². The van der Waals surface area contributed by atoms with Gasteiger partial charge in [0.15, 0.2) is 0 Å². The fourth-order valence-corrected chi connectivity index (χ4v) is 2.03. The van der Waals surface area contributed by atoms with E-state index in [0.29, 0.717) is 6.54 Å². The second-order valence-corrected chi connectivity index (χ2v) is 4.50. The van der Waals surface area contributed by atoms with E-state index in [1.54, 1.807) is 0 Å². The molecule has 2 N–H and O–H groups in total. The highest BCUT2D eigenvalue weighted by atomic mass is 15.1. The lowest BCUT2D eigenvalue weighted by Gasteiger charge is -2.22. The topological polar surface area (TPSA) is 42.1 Å². The summed E-state index contributed by atoms with van der Waals surface area (Å²) in [6.07, 6.45) is 1.87. The molecule has 0 aliphatic heterocycles. The van der Waals surface area contributed by atoms with Crippen LogP contribution in [0.3, 0.4) is 0 Å². The Labute approximate surface area is 108 Å². The van der Waals surface area contributed by atoms with E-state index in [1.807, 2.05) is 19.2 Å². The lowest BCUT2D eigenvalue weighted by molar-refractivity contribution is 0.895. The van der Waals surface area contributed by atoms with E-state index in [-0.39, 0.29) is 0 Å². The Morgan fingerprint density at radius 1 is 1.22 bits per heavy atom. The van der Waals surface area contributed by atoms with Crippen LogP contribution in [0.2, 0.25) is 0 Å². The molecule has 18 heavy (non-hydrogen) atoms. The van der Waals surface area contributed by atoms with Crippen LogP contribution in [0.25, 0.3) is 0 Å². The van der Waals surface area contributed by atoms with Crippen LogP contribution in [0.4, 0.5) is 5.69 Å². The Kier molecular flexibility index (Phi) is 3.95. The van der Waals surface area contributed by atoms with Crippen molar-refractivity contribution in [2.75, 3.05) is 11.9 Å². The third kappa shape index (κ3) is 2.87. The summed E-state index contributed by atoms with van der Waals surface area (Å²) in [4.78, 5) is 6.51. The van der Waals surface area contributed by atoms with Crippen molar-refractivity contribution in [2.24, 2.45) is 5.73 Å². The first-order valence-corrected chi connectivity index (χ1v) is 6.11. The average molecular weight is 241 g/mol. The Hall–Kier alpha value is -1.87. The molecule has 1 heterocycles. The maximum absolute atomic E-state index is 5.77. The molecule has 1 aromatic heterocycles. The minimum absolute atomic E-state index is 0.516. The zero-order valence-electron chi connectivity index (χ0n) is 10.9. The van der Waals surface area contributed by atoms with Gasteiger partial charge in [0, 0.05) is 43.3 Å². The van der Waals surface area contributed by atoms with E-state index in [1.165, 1.54) is 5.56 Å². The molecule has 0 fully saturated rings. The van der Waals surface area contributed by atoms with Crippen LogP contribution < -0.4 is 10.6 Å². The van der Waals surface area contributed by atoms with Crippen LogP contribution in [-0.4, -0.2) is 12.0 Å². The molecule has 0 saturated carbocycles. The molecule has 0 aliphatic carbocycles. The second kappa shape index (κ2) is 5.65. The van der Waals surface area contributed by atoms with Gasteiger partial charge in [0.05, 0.1) is 0 Å². The third-order valence-electron chi connectivity index (χ3n) is 2.99. The van der Waals surface area contributed by atoms with Gasteiger partial charge in [-0.2, -0.15) is 0 Å². The summed E-state index contributed by atoms with van der Waals surface area (Å²) >= 11 is 0. The van der Waals surface area contributed by atoms with Gasteiger partial charge in [-0.05, 0) is 18.6 Å². The maximum Gasteiger partial charge on any atom is 0.0445 e. The Bertz CT molecular complexity index is 508. The van der Waals surface area contributed by atoms with E-state index >= 15 is 0 Å². The van der Waals surface area contributed by atoms with E-state index in [2.05, 4.69) is 47.3 Å². The lowest BCUT2D eigenvalue weighted by Crippen LogP contribution is -2.19. The standard InChI is InChI=1S/C15H19N3/c1-12-8-15(14(9-16)10-17-12)18(2)11-13-6-4-3-5-7-13/h3-8,10H,9,11,16H2,1-2H3. The molecular formula is C15H19N3. The van der Waals surface area contributed by atoms with Gasteiger partial charge in [0.1, 0.15) is 0 Å². The molecular weight excluding hydrogens is 222 g/mol. The van der Waals surface area contributed by atoms with Crippen LogP contribution in [0.15, 0.2) is 42.6 Å². The summed E-state index contributed by atoms with van der Waals surface area (Å²) in [7, 11) is 2.08. The molecule has 3 heteroatoms. The fraction of sp³-hybridized carbons (Fsp3) is 0.267. The summed E-state index contributed by atoms with van der Waals surface area (Å²) in [5, 5.41) is 0. The first-order chi connectivity index (χ1) is 8.70. The number of benzene rings is 1. The molecule has 0 amide bonds. The van der Waals surface area contributed by atoms with Gasteiger partial charge in [-0.3, -0.25) is 4.98 Å². The molecule has 0 bridgehead atoms. The first kappa shape index (κ1) is 12.6. The quantitative estimate of drug-likeness (QED) is 0.894. The van der Waals surface area contributed by atoms with Crippen molar-refractivity contribution in [3.8, 4) is 0 Å². The van der Waals surface area contributed by atoms with Crippen molar-refractivity contribution in [3.05, 3.63) is 59.4 Å². The van der Waals surface area contributed by atoms with Crippen molar-refractivity contribution >= 4 is 5.69 Å². The average Bonchev–Trinajstić information content (AvgIpc) is 2.40. The van der Waals surface area contributed by atoms with Gasteiger partial charge < -0.3 is 10.6 Å². The predicted molar refractivity (Wildman–Crippen MR) is 75.4 cm³/mol. The Morgan fingerprint density at radius 3 is 2.61 bits per heavy atom. The van der Waals surface area contributed by atoms with Crippen LogP contribution >= 0.6 is 0 Å². The minimum atomic E-state index is 0.516. The van der Waals surface area contributed by atoms with Gasteiger partial charge in [-0.15, -0.1) is 0 Å². The SMILES string of the molecule is Cc1cc(N(C)Cc2ccccc2)c(CN)cn1. The summed E-state index contributed by atoms with van der Waals surface area (Å²) < 4.78 is 0. The highest BCUT2D eigenvalue weighted by molar-refractivity contribution is 5.53. The van der Waals surface area contributed by atoms with Crippen LogP contribution in [-0.2, 0) is 13.1 Å². The fourth-order valence-electron chi connectivity index (χ4n) is 2.03. The molecule has 2 aromatic rings. The Morgan fingerprint density at radius 2 is 1.94 bits per heavy atom. The van der Waals surface area contributed by atoms with E-state index < -0.39 is 0 Å². The highest BCUT2D eigenvalue weighted by Gasteiger charge is 2.08. The smallest absolute Gasteiger partial charge is 0.0445 e. The van der Waals surface area contributed by atoms with Gasteiger partial charge in [0.2, 0.25) is 0 Å². The Balaban J connectivity index is 2.23. The van der Waals surface area contributed by atoms with Gasteiger partial charge >= 0.3 is 0 Å². The second-order valence-electron chi connectivity index (χ2n) is 4.50. The van der Waals surface area contributed by atoms with Crippen molar-refractivity contribution in [1.29, 1.82) is 0 Å². The first-order valence-electron chi connectivity index (χ1n) is 6.11. The molecule has 0 saturated heterocycles. The van der Waals surface area contributed by atoms with Crippen molar-refractivity contribution in [3.63, 3.8) is 0 Å². The molecule has 1 aromatic carbocycles. The number of pyridine rings is 1. The summed E-state index contributed by atoms with van der Waals surface area (Å²) in [6.45, 7) is 3.39. The zero-order chi connectivity index (χ0) is 13.0. The number of hydrogen-bond acceptors (Lipinski definition) is 3. The van der Waals surface area contributed by atoms with Crippen LogP contribution in [0.1, 0.15) is 16.8 Å². The van der Waals surface area contributed by atoms with Gasteiger partial charge in [0.25, 0.3) is 0 Å². The summed E-state index contributed by atoms with van der Waals surface area (Å²) in [5.41, 5.74) is 10.3. The highest BCUT2D eigenvalue weighted by Crippen LogP contribution is 2.21. The summed E-state index contributed by atoms with van der Waals surface area (Å²) in [5.74, 6) is 0. The third-order valence-corrected chi connectivity index (χ3v) is 2.99. The summed E-state index contributed by atoms with van der Waals surface area (Å²) in [6, 6.07) is 12.5. The zero-order valence-corrected chi connectivity index (χ0v) is 10.9. The van der Waals surface area contributed by atoms with E-state index in [4.69, 9.17) is 5.73 Å². The lowest BCUT2D eigenvalue weighted by atomic mass is 10.1. The van der Waals surface area contributed by atoms with Crippen molar-refractivity contribution in [1.82, 2.24) is 4.98 Å². The largest absolute Gasteiger partial charge is 0.370 e. The van der Waals surface area contributed by atoms with Gasteiger partial charge in [-0.1, -0.05) is 30.3 Å². The normalized spacial score (nSPS) is 10.4. The number of aryl methyl sites for hydroxylation is 1. The van der Waals surface area contributed by atoms with E-state index in [0.717, 1.165) is 23.5 Å². The van der Waals surface area contributed by atoms with Crippen LogP contribution in [0.5, 0.6) is 0 Å². The molecule has 0 spiro atoms. The molecule has 3 nitrogen and oxygen atoms in total. The molecule has 0 radical (unpaired) electrons. The molecule has 2 rings (SSSR count). The number of nitrogens with two attached hydrogens (primary N) is 1. The predicted octanol–water partition coefficient (Wildman–Crippen LogP) is 2.49. The molecule has 0 aliphatic rings. The molecule has 0 unspecified atom stereocenters. The van der Waals surface area contributed by atoms with Crippen molar-refractivity contribution in [2.45, 2.75) is 20.0 Å². The number of anilines is 1.